The number of carbonyl (C=O) groups is 2. The Labute approximate surface area is 137 Å². The fraction of sp³-hybridized carbons (Fsp3) is 0.529. The molecule has 0 unspecified atom stereocenters. The molecule has 2 rings (SSSR count). The summed E-state index contributed by atoms with van der Waals surface area (Å²) in [6.45, 7) is 5.17. The van der Waals surface area contributed by atoms with Gasteiger partial charge in [0.2, 0.25) is 11.8 Å². The zero-order valence-electron chi connectivity index (χ0n) is 14.1. The van der Waals surface area contributed by atoms with E-state index >= 15 is 0 Å². The first-order valence-corrected chi connectivity index (χ1v) is 7.90. The Bertz CT molecular complexity index is 554. The molecule has 0 N–H and O–H groups in total. The van der Waals surface area contributed by atoms with Crippen LogP contribution < -0.4 is 9.64 Å². The van der Waals surface area contributed by atoms with Crippen LogP contribution >= 0.6 is 0 Å². The van der Waals surface area contributed by atoms with Crippen molar-refractivity contribution < 1.29 is 14.3 Å². The minimum atomic E-state index is -0.0966. The number of para-hydroxylation sites is 2. The summed E-state index contributed by atoms with van der Waals surface area (Å²) in [5, 5.41) is 0. The van der Waals surface area contributed by atoms with Crippen molar-refractivity contribution in [1.82, 2.24) is 9.80 Å². The predicted molar refractivity (Wildman–Crippen MR) is 89.7 cm³/mol. The Morgan fingerprint density at radius 1 is 1.17 bits per heavy atom. The van der Waals surface area contributed by atoms with Gasteiger partial charge in [-0.1, -0.05) is 12.1 Å². The summed E-state index contributed by atoms with van der Waals surface area (Å²) in [5.74, 6) is 0.634. The van der Waals surface area contributed by atoms with E-state index < -0.39 is 0 Å². The molecule has 0 aliphatic carbocycles. The molecule has 1 aliphatic rings. The van der Waals surface area contributed by atoms with E-state index in [1.807, 2.05) is 29.2 Å². The summed E-state index contributed by atoms with van der Waals surface area (Å²) in [5.41, 5.74) is 0.702. The second-order valence-electron chi connectivity index (χ2n) is 5.78. The Kier molecular flexibility index (Phi) is 5.98. The monoisotopic (exact) mass is 319 g/mol. The van der Waals surface area contributed by atoms with E-state index in [1.165, 1.54) is 6.92 Å². The van der Waals surface area contributed by atoms with Crippen LogP contribution in [0.2, 0.25) is 0 Å². The van der Waals surface area contributed by atoms with Gasteiger partial charge in [-0.05, 0) is 19.2 Å². The van der Waals surface area contributed by atoms with Crippen molar-refractivity contribution >= 4 is 17.5 Å². The van der Waals surface area contributed by atoms with Gasteiger partial charge < -0.3 is 19.4 Å². The number of likely N-dealkylation sites (N-methyl/N-ethyl adjacent to an activating group) is 1. The third-order valence-corrected chi connectivity index (χ3v) is 4.16. The highest BCUT2D eigenvalue weighted by Gasteiger charge is 2.21. The molecule has 1 aliphatic heterocycles. The first-order valence-electron chi connectivity index (χ1n) is 7.90. The average Bonchev–Trinajstić information content (AvgIpc) is 2.55. The van der Waals surface area contributed by atoms with Gasteiger partial charge >= 0.3 is 0 Å². The van der Waals surface area contributed by atoms with Crippen LogP contribution in [0.25, 0.3) is 0 Å². The van der Waals surface area contributed by atoms with E-state index in [0.29, 0.717) is 24.4 Å². The second kappa shape index (κ2) is 7.97. The molecule has 0 saturated carbocycles. The largest absolute Gasteiger partial charge is 0.495 e. The van der Waals surface area contributed by atoms with Crippen molar-refractivity contribution in [3.63, 3.8) is 0 Å². The number of benzene rings is 1. The van der Waals surface area contributed by atoms with Crippen LogP contribution in [0.5, 0.6) is 5.75 Å². The van der Waals surface area contributed by atoms with E-state index in [9.17, 15) is 9.59 Å². The number of methoxy groups -OCH3 is 1. The van der Waals surface area contributed by atoms with Crippen LogP contribution in [0.1, 0.15) is 13.3 Å². The van der Waals surface area contributed by atoms with Gasteiger partial charge in [0.15, 0.2) is 0 Å². The summed E-state index contributed by atoms with van der Waals surface area (Å²) in [7, 11) is 3.63. The van der Waals surface area contributed by atoms with Crippen molar-refractivity contribution in [3.8, 4) is 5.75 Å². The highest BCUT2D eigenvalue weighted by molar-refractivity contribution is 5.93. The highest BCUT2D eigenvalue weighted by Crippen LogP contribution is 2.27. The van der Waals surface area contributed by atoms with Gasteiger partial charge in [0, 0.05) is 46.1 Å². The first-order chi connectivity index (χ1) is 11.0. The van der Waals surface area contributed by atoms with E-state index in [1.54, 1.807) is 12.0 Å². The fourth-order valence-corrected chi connectivity index (χ4v) is 2.72. The van der Waals surface area contributed by atoms with Gasteiger partial charge in [0.05, 0.1) is 12.8 Å². The highest BCUT2D eigenvalue weighted by atomic mass is 16.5. The van der Waals surface area contributed by atoms with E-state index in [4.69, 9.17) is 4.74 Å². The topological polar surface area (TPSA) is 53.1 Å². The molecule has 2 amide bonds. The Balaban J connectivity index is 2.00. The maximum atomic E-state index is 12.4. The molecule has 1 aromatic carbocycles. The summed E-state index contributed by atoms with van der Waals surface area (Å²) < 4.78 is 5.32. The summed E-state index contributed by atoms with van der Waals surface area (Å²) >= 11 is 0. The predicted octanol–water partition coefficient (Wildman–Crippen LogP) is 1.21. The van der Waals surface area contributed by atoms with Gasteiger partial charge in [-0.25, -0.2) is 0 Å². The number of anilines is 1. The second-order valence-corrected chi connectivity index (χ2v) is 5.78. The Hall–Kier alpha value is -2.08. The molecule has 1 heterocycles. The molecule has 6 nitrogen and oxygen atoms in total. The molecule has 0 atom stereocenters. The number of hydrogen-bond donors (Lipinski definition) is 0. The maximum Gasteiger partial charge on any atom is 0.224 e. The number of rotatable bonds is 5. The average molecular weight is 319 g/mol. The molecule has 126 valence electrons. The van der Waals surface area contributed by atoms with Crippen LogP contribution in [-0.2, 0) is 9.59 Å². The van der Waals surface area contributed by atoms with Gasteiger partial charge in [0.1, 0.15) is 5.75 Å². The third-order valence-electron chi connectivity index (χ3n) is 4.16. The molecule has 1 fully saturated rings. The normalized spacial score (nSPS) is 15.3. The van der Waals surface area contributed by atoms with Crippen molar-refractivity contribution in [1.29, 1.82) is 0 Å². The lowest BCUT2D eigenvalue weighted by Crippen LogP contribution is -2.47. The summed E-state index contributed by atoms with van der Waals surface area (Å²) in [6.07, 6.45) is 0.321. The Morgan fingerprint density at radius 3 is 2.43 bits per heavy atom. The quantitative estimate of drug-likeness (QED) is 0.819. The van der Waals surface area contributed by atoms with Gasteiger partial charge in [-0.15, -0.1) is 0 Å². The smallest absolute Gasteiger partial charge is 0.224 e. The molecule has 1 aromatic rings. The van der Waals surface area contributed by atoms with E-state index in [0.717, 1.165) is 26.2 Å². The molecule has 0 radical (unpaired) electrons. The van der Waals surface area contributed by atoms with Crippen LogP contribution in [0, 0.1) is 0 Å². The van der Waals surface area contributed by atoms with Gasteiger partial charge in [-0.2, -0.15) is 0 Å². The van der Waals surface area contributed by atoms with Crippen LogP contribution in [0.3, 0.4) is 0 Å². The molecule has 0 bridgehead atoms. The minimum Gasteiger partial charge on any atom is -0.495 e. The number of amides is 2. The molecule has 23 heavy (non-hydrogen) atoms. The molecule has 0 spiro atoms. The van der Waals surface area contributed by atoms with Crippen molar-refractivity contribution in [3.05, 3.63) is 24.3 Å². The van der Waals surface area contributed by atoms with E-state index in [-0.39, 0.29) is 11.8 Å². The molecule has 0 aromatic heterocycles. The first kappa shape index (κ1) is 17.3. The Morgan fingerprint density at radius 2 is 1.83 bits per heavy atom. The molecule has 1 saturated heterocycles. The number of hydrogen-bond acceptors (Lipinski definition) is 4. The lowest BCUT2D eigenvalue weighted by molar-refractivity contribution is -0.132. The number of piperazine rings is 1. The minimum absolute atomic E-state index is 0.0965. The van der Waals surface area contributed by atoms with E-state index in [2.05, 4.69) is 11.9 Å². The molecular formula is C17H25N3O3. The summed E-state index contributed by atoms with van der Waals surface area (Å²) in [6, 6.07) is 7.36. The fourth-order valence-electron chi connectivity index (χ4n) is 2.72. The standard InChI is InChI=1S/C17H25N3O3/c1-14(21)20(15-6-4-5-7-16(15)23-3)9-8-17(22)19-12-10-18(2)11-13-19/h4-7H,8-13H2,1-3H3. The zero-order chi connectivity index (χ0) is 16.8. The van der Waals surface area contributed by atoms with Crippen LogP contribution in [-0.4, -0.2) is 68.5 Å². The van der Waals surface area contributed by atoms with Gasteiger partial charge in [0.25, 0.3) is 0 Å². The number of nitrogens with zero attached hydrogens (tertiary/aromatic N) is 3. The SMILES string of the molecule is COc1ccccc1N(CCC(=O)N1CCN(C)CC1)C(C)=O. The van der Waals surface area contributed by atoms with Crippen molar-refractivity contribution in [2.24, 2.45) is 0 Å². The van der Waals surface area contributed by atoms with Gasteiger partial charge in [-0.3, -0.25) is 9.59 Å². The number of ether oxygens (including phenoxy) is 1. The lowest BCUT2D eigenvalue weighted by atomic mass is 10.2. The van der Waals surface area contributed by atoms with Crippen molar-refractivity contribution in [2.75, 3.05) is 51.8 Å². The van der Waals surface area contributed by atoms with Crippen molar-refractivity contribution in [2.45, 2.75) is 13.3 Å². The lowest BCUT2D eigenvalue weighted by Gasteiger charge is -2.33. The van der Waals surface area contributed by atoms with Crippen LogP contribution in [0.15, 0.2) is 24.3 Å². The van der Waals surface area contributed by atoms with Crippen LogP contribution in [0.4, 0.5) is 5.69 Å². The molecular weight excluding hydrogens is 294 g/mol. The third kappa shape index (κ3) is 4.45. The maximum absolute atomic E-state index is 12.4. The summed E-state index contributed by atoms with van der Waals surface area (Å²) in [4.78, 5) is 30.0. The number of carbonyl (C=O) groups excluding carboxylic acids is 2. The molecule has 6 heteroatoms. The zero-order valence-corrected chi connectivity index (χ0v) is 14.1.